The van der Waals surface area contributed by atoms with Crippen LogP contribution in [0.5, 0.6) is 0 Å². The molecular weight excluding hydrogens is 391 g/mol. The van der Waals surface area contributed by atoms with Crippen molar-refractivity contribution in [2.24, 2.45) is 5.92 Å². The van der Waals surface area contributed by atoms with Crippen LogP contribution in [0, 0.1) is 11.7 Å². The number of likely N-dealkylation sites (tertiary alicyclic amines) is 1. The summed E-state index contributed by atoms with van der Waals surface area (Å²) in [5.41, 5.74) is 3.25. The van der Waals surface area contributed by atoms with Crippen LogP contribution in [0.2, 0.25) is 0 Å². The molecule has 6 heteroatoms. The summed E-state index contributed by atoms with van der Waals surface area (Å²) in [6.45, 7) is 3.37. The van der Waals surface area contributed by atoms with Crippen molar-refractivity contribution in [2.75, 3.05) is 13.1 Å². The molecule has 2 aliphatic rings. The largest absolute Gasteiger partial charge is 0.352 e. The number of hydrogen-bond acceptors (Lipinski definition) is 3. The number of nitrogens with one attached hydrogen (secondary N) is 2. The molecule has 1 saturated heterocycles. The van der Waals surface area contributed by atoms with Crippen molar-refractivity contribution in [2.45, 2.75) is 76.8 Å². The second kappa shape index (κ2) is 10.9. The second-order valence-electron chi connectivity index (χ2n) is 9.29. The van der Waals surface area contributed by atoms with Crippen molar-refractivity contribution in [3.8, 4) is 0 Å². The number of carbonyl (C=O) groups excluding carboxylic acids is 1. The van der Waals surface area contributed by atoms with E-state index in [1.807, 2.05) is 6.20 Å². The molecule has 0 bridgehead atoms. The number of H-pyrrole nitrogens is 1. The Morgan fingerprint density at radius 3 is 2.81 bits per heavy atom. The van der Waals surface area contributed by atoms with Gasteiger partial charge in [-0.15, -0.1) is 0 Å². The van der Waals surface area contributed by atoms with Crippen molar-refractivity contribution in [1.29, 1.82) is 0 Å². The Balaban J connectivity index is 1.22. The van der Waals surface area contributed by atoms with E-state index in [0.29, 0.717) is 23.8 Å². The highest BCUT2D eigenvalue weighted by Crippen LogP contribution is 2.34. The molecule has 1 aromatic carbocycles. The van der Waals surface area contributed by atoms with Gasteiger partial charge in [0, 0.05) is 48.8 Å². The van der Waals surface area contributed by atoms with E-state index in [9.17, 15) is 9.18 Å². The van der Waals surface area contributed by atoms with Crippen LogP contribution in [-0.2, 0) is 17.9 Å². The van der Waals surface area contributed by atoms with Crippen molar-refractivity contribution < 1.29 is 9.18 Å². The van der Waals surface area contributed by atoms with Gasteiger partial charge in [0.15, 0.2) is 0 Å². The Hall–Kier alpha value is -2.21. The van der Waals surface area contributed by atoms with Crippen molar-refractivity contribution in [3.63, 3.8) is 0 Å². The number of hydrogen-bond donors (Lipinski definition) is 2. The van der Waals surface area contributed by atoms with E-state index in [1.54, 1.807) is 18.2 Å². The smallest absolute Gasteiger partial charge is 0.220 e. The molecule has 168 valence electrons. The molecular formula is C25H35FN4O. The molecule has 1 amide bonds. The maximum atomic E-state index is 13.7. The van der Waals surface area contributed by atoms with Crippen LogP contribution in [0.1, 0.15) is 80.5 Å². The summed E-state index contributed by atoms with van der Waals surface area (Å²) in [4.78, 5) is 14.8. The van der Waals surface area contributed by atoms with Crippen LogP contribution < -0.4 is 5.32 Å². The Morgan fingerprint density at radius 2 is 1.97 bits per heavy atom. The first-order valence-electron chi connectivity index (χ1n) is 11.9. The number of rotatable bonds is 8. The van der Waals surface area contributed by atoms with Gasteiger partial charge in [-0.1, -0.05) is 37.5 Å². The van der Waals surface area contributed by atoms with Crippen LogP contribution >= 0.6 is 0 Å². The average Bonchev–Trinajstić information content (AvgIpc) is 3.26. The van der Waals surface area contributed by atoms with Crippen LogP contribution in [-0.4, -0.2) is 34.1 Å². The molecule has 1 aliphatic carbocycles. The van der Waals surface area contributed by atoms with Crippen molar-refractivity contribution in [3.05, 3.63) is 53.1 Å². The van der Waals surface area contributed by atoms with Gasteiger partial charge in [0.25, 0.3) is 0 Å². The fourth-order valence-electron chi connectivity index (χ4n) is 5.22. The lowest BCUT2D eigenvalue weighted by Crippen LogP contribution is -2.35. The summed E-state index contributed by atoms with van der Waals surface area (Å²) in [6, 6.07) is 6.60. The zero-order valence-corrected chi connectivity index (χ0v) is 18.4. The van der Waals surface area contributed by atoms with Crippen molar-refractivity contribution >= 4 is 5.91 Å². The maximum Gasteiger partial charge on any atom is 0.220 e. The molecule has 1 aliphatic heterocycles. The van der Waals surface area contributed by atoms with Gasteiger partial charge in [-0.2, -0.15) is 5.10 Å². The van der Waals surface area contributed by atoms with Crippen LogP contribution in [0.4, 0.5) is 4.39 Å². The Kier molecular flexibility index (Phi) is 7.73. The van der Waals surface area contributed by atoms with Crippen LogP contribution in [0.25, 0.3) is 0 Å². The van der Waals surface area contributed by atoms with Crippen LogP contribution in [0.3, 0.4) is 0 Å². The molecule has 4 rings (SSSR count). The van der Waals surface area contributed by atoms with Gasteiger partial charge in [0.2, 0.25) is 5.91 Å². The SMILES string of the molecule is O=C(CCC1CCCN(Cc2cn[nH]c2C2CCCCC2)C1)NCc1ccccc1F. The van der Waals surface area contributed by atoms with E-state index < -0.39 is 0 Å². The number of amides is 1. The van der Waals surface area contributed by atoms with Gasteiger partial charge >= 0.3 is 0 Å². The third-order valence-corrected chi connectivity index (χ3v) is 6.98. The van der Waals surface area contributed by atoms with E-state index in [0.717, 1.165) is 26.1 Å². The number of nitrogens with zero attached hydrogens (tertiary/aromatic N) is 2. The summed E-state index contributed by atoms with van der Waals surface area (Å²) in [7, 11) is 0. The van der Waals surface area contributed by atoms with E-state index in [4.69, 9.17) is 0 Å². The van der Waals surface area contributed by atoms with E-state index in [-0.39, 0.29) is 18.3 Å². The quantitative estimate of drug-likeness (QED) is 0.631. The lowest BCUT2D eigenvalue weighted by atomic mass is 9.85. The minimum atomic E-state index is -0.266. The molecule has 31 heavy (non-hydrogen) atoms. The number of aromatic amines is 1. The lowest BCUT2D eigenvalue weighted by molar-refractivity contribution is -0.121. The number of benzene rings is 1. The highest BCUT2D eigenvalue weighted by Gasteiger charge is 2.24. The summed E-state index contributed by atoms with van der Waals surface area (Å²) < 4.78 is 13.7. The number of aromatic nitrogens is 2. The van der Waals surface area contributed by atoms with Gasteiger partial charge < -0.3 is 5.32 Å². The summed E-state index contributed by atoms with van der Waals surface area (Å²) >= 11 is 0. The third-order valence-electron chi connectivity index (χ3n) is 6.98. The summed E-state index contributed by atoms with van der Waals surface area (Å²) in [5, 5.41) is 10.5. The first kappa shape index (κ1) is 22.0. The van der Waals surface area contributed by atoms with E-state index in [1.165, 1.54) is 62.3 Å². The zero-order valence-electron chi connectivity index (χ0n) is 18.4. The Morgan fingerprint density at radius 1 is 1.13 bits per heavy atom. The molecule has 2 N–H and O–H groups in total. The van der Waals surface area contributed by atoms with E-state index in [2.05, 4.69) is 20.4 Å². The van der Waals surface area contributed by atoms with Gasteiger partial charge in [0.05, 0.1) is 6.20 Å². The van der Waals surface area contributed by atoms with Crippen molar-refractivity contribution in [1.82, 2.24) is 20.4 Å². The molecule has 2 heterocycles. The minimum absolute atomic E-state index is 0.00907. The number of carbonyl (C=O) groups is 1. The first-order chi connectivity index (χ1) is 15.2. The predicted molar refractivity (Wildman–Crippen MR) is 120 cm³/mol. The molecule has 5 nitrogen and oxygen atoms in total. The summed E-state index contributed by atoms with van der Waals surface area (Å²) in [6.07, 6.45) is 12.3. The highest BCUT2D eigenvalue weighted by molar-refractivity contribution is 5.75. The highest BCUT2D eigenvalue weighted by atomic mass is 19.1. The fourth-order valence-corrected chi connectivity index (χ4v) is 5.22. The number of piperidine rings is 1. The lowest BCUT2D eigenvalue weighted by Gasteiger charge is -2.33. The first-order valence-corrected chi connectivity index (χ1v) is 11.9. The molecule has 2 aromatic rings. The Labute approximate surface area is 184 Å². The molecule has 2 fully saturated rings. The van der Waals surface area contributed by atoms with E-state index >= 15 is 0 Å². The van der Waals surface area contributed by atoms with Gasteiger partial charge in [-0.25, -0.2) is 4.39 Å². The maximum absolute atomic E-state index is 13.7. The van der Waals surface area contributed by atoms with Gasteiger partial charge in [0.1, 0.15) is 5.82 Å². The van der Waals surface area contributed by atoms with Crippen LogP contribution in [0.15, 0.2) is 30.5 Å². The minimum Gasteiger partial charge on any atom is -0.352 e. The second-order valence-corrected chi connectivity index (χ2v) is 9.29. The molecule has 1 aromatic heterocycles. The Bertz CT molecular complexity index is 846. The molecule has 1 atom stereocenters. The zero-order chi connectivity index (χ0) is 21.5. The molecule has 1 unspecified atom stereocenters. The topological polar surface area (TPSA) is 61.0 Å². The molecule has 1 saturated carbocycles. The van der Waals surface area contributed by atoms with Gasteiger partial charge in [-0.05, 0) is 50.6 Å². The normalized spacial score (nSPS) is 20.6. The number of halogens is 1. The monoisotopic (exact) mass is 426 g/mol. The fraction of sp³-hybridized carbons (Fsp3) is 0.600. The third kappa shape index (κ3) is 6.16. The average molecular weight is 427 g/mol. The van der Waals surface area contributed by atoms with Gasteiger partial charge in [-0.3, -0.25) is 14.8 Å². The predicted octanol–water partition coefficient (Wildman–Crippen LogP) is 4.91. The molecule has 0 spiro atoms. The standard InChI is InChI=1S/C25H35FN4O/c26-23-11-5-4-10-21(23)15-27-24(31)13-12-19-7-6-14-30(17-19)18-22-16-28-29-25(22)20-8-2-1-3-9-20/h4-5,10-11,16,19-20H,1-3,6-9,12-15,17-18H2,(H,27,31)(H,28,29). The molecule has 0 radical (unpaired) electrons. The summed E-state index contributed by atoms with van der Waals surface area (Å²) in [5.74, 6) is 0.926.